The first-order valence-electron chi connectivity index (χ1n) is 8.49. The van der Waals surface area contributed by atoms with Crippen molar-refractivity contribution < 1.29 is 4.92 Å². The second-order valence-electron chi connectivity index (χ2n) is 6.18. The Balaban J connectivity index is 2.08. The van der Waals surface area contributed by atoms with Crippen LogP contribution in [-0.2, 0) is 6.54 Å². The summed E-state index contributed by atoms with van der Waals surface area (Å²) in [6.07, 6.45) is 2.80. The molecule has 0 radical (unpaired) electrons. The van der Waals surface area contributed by atoms with Crippen LogP contribution in [0.4, 0.5) is 5.69 Å². The molecule has 10 heteroatoms. The van der Waals surface area contributed by atoms with E-state index >= 15 is 0 Å². The minimum atomic E-state index is -0.805. The van der Waals surface area contributed by atoms with Crippen LogP contribution in [0, 0.1) is 10.1 Å². The Kier molecular flexibility index (Phi) is 4.36. The van der Waals surface area contributed by atoms with Gasteiger partial charge in [-0.2, -0.15) is 0 Å². The second kappa shape index (κ2) is 7.00. The van der Waals surface area contributed by atoms with Crippen molar-refractivity contribution in [2.45, 2.75) is 6.54 Å². The normalized spacial score (nSPS) is 10.9. The van der Waals surface area contributed by atoms with E-state index in [1.807, 2.05) is 0 Å². The first-order chi connectivity index (χ1) is 14.0. The molecule has 0 atom stereocenters. The maximum absolute atomic E-state index is 13.2. The number of hydrogen-bond acceptors (Lipinski definition) is 6. The van der Waals surface area contributed by atoms with Crippen LogP contribution in [0.2, 0.25) is 0 Å². The van der Waals surface area contributed by atoms with Crippen molar-refractivity contribution in [3.63, 3.8) is 0 Å². The molecule has 0 aliphatic carbocycles. The smallest absolute Gasteiger partial charge is 0.337 e. The standard InChI is InChI=1S/C19H13N5O5/c25-13-7-9-20-12(10-13)11-22-18(26)14-4-3-8-21-17(14)23(19(22)27)15-5-1-2-6-16(15)24(28)29/h1-10H,11H2,(H,20,25). The Morgan fingerprint density at radius 3 is 2.62 bits per heavy atom. The average molecular weight is 391 g/mol. The lowest BCUT2D eigenvalue weighted by Gasteiger charge is -2.13. The van der Waals surface area contributed by atoms with E-state index in [4.69, 9.17) is 0 Å². The zero-order chi connectivity index (χ0) is 20.5. The highest BCUT2D eigenvalue weighted by atomic mass is 16.6. The highest BCUT2D eigenvalue weighted by molar-refractivity contribution is 5.76. The number of hydrogen-bond donors (Lipinski definition) is 1. The van der Waals surface area contributed by atoms with Gasteiger partial charge in [0, 0.05) is 36.3 Å². The molecule has 144 valence electrons. The number of nitrogens with one attached hydrogen (secondary N) is 1. The molecule has 1 aromatic carbocycles. The molecule has 0 saturated heterocycles. The van der Waals surface area contributed by atoms with E-state index in [-0.39, 0.29) is 34.4 Å². The Labute approximate surface area is 161 Å². The van der Waals surface area contributed by atoms with E-state index in [0.29, 0.717) is 5.69 Å². The van der Waals surface area contributed by atoms with E-state index in [1.54, 1.807) is 6.07 Å². The molecule has 4 aromatic rings. The monoisotopic (exact) mass is 391 g/mol. The molecular weight excluding hydrogens is 378 g/mol. The van der Waals surface area contributed by atoms with E-state index in [2.05, 4.69) is 9.97 Å². The van der Waals surface area contributed by atoms with E-state index in [9.17, 15) is 24.5 Å². The predicted octanol–water partition coefficient (Wildman–Crippen LogP) is 1.19. The number of fused-ring (bicyclic) bond motifs is 1. The van der Waals surface area contributed by atoms with Crippen LogP contribution in [0.3, 0.4) is 0 Å². The Bertz CT molecular complexity index is 1430. The van der Waals surface area contributed by atoms with Gasteiger partial charge < -0.3 is 4.98 Å². The number of aromatic nitrogens is 4. The van der Waals surface area contributed by atoms with Crippen molar-refractivity contribution >= 4 is 16.7 Å². The highest BCUT2D eigenvalue weighted by Gasteiger charge is 2.21. The molecule has 3 heterocycles. The SMILES string of the molecule is O=c1cc[nH]c(Cn2c(=O)c3cccnc3n(-c3ccccc3[N+](=O)[O-])c2=O)c1. The highest BCUT2D eigenvalue weighted by Crippen LogP contribution is 2.22. The second-order valence-corrected chi connectivity index (χ2v) is 6.18. The molecule has 29 heavy (non-hydrogen) atoms. The summed E-state index contributed by atoms with van der Waals surface area (Å²) in [5.41, 5.74) is -1.67. The summed E-state index contributed by atoms with van der Waals surface area (Å²) in [6, 6.07) is 11.3. The molecule has 0 aliphatic heterocycles. The Morgan fingerprint density at radius 2 is 1.86 bits per heavy atom. The third-order valence-corrected chi connectivity index (χ3v) is 4.38. The first kappa shape index (κ1) is 18.0. The largest absolute Gasteiger partial charge is 0.363 e. The summed E-state index contributed by atoms with van der Waals surface area (Å²) in [5, 5.41) is 11.6. The van der Waals surface area contributed by atoms with Crippen LogP contribution in [0.15, 0.2) is 75.3 Å². The molecule has 0 saturated carbocycles. The molecule has 0 bridgehead atoms. The van der Waals surface area contributed by atoms with Gasteiger partial charge in [0.25, 0.3) is 11.2 Å². The molecule has 4 rings (SSSR count). The van der Waals surface area contributed by atoms with Gasteiger partial charge in [-0.25, -0.2) is 14.3 Å². The van der Waals surface area contributed by atoms with E-state index in [0.717, 1.165) is 9.13 Å². The van der Waals surface area contributed by atoms with Crippen LogP contribution in [0.1, 0.15) is 5.69 Å². The van der Waals surface area contributed by atoms with Crippen molar-refractivity contribution in [1.29, 1.82) is 0 Å². The molecule has 0 unspecified atom stereocenters. The molecule has 1 N–H and O–H groups in total. The number of pyridine rings is 2. The molecule has 0 amide bonds. The topological polar surface area (TPSA) is 133 Å². The Morgan fingerprint density at radius 1 is 1.07 bits per heavy atom. The number of H-pyrrole nitrogens is 1. The van der Waals surface area contributed by atoms with Gasteiger partial charge in [-0.3, -0.25) is 24.3 Å². The third-order valence-electron chi connectivity index (χ3n) is 4.38. The lowest BCUT2D eigenvalue weighted by molar-refractivity contribution is -0.384. The number of nitrogens with zero attached hydrogens (tertiary/aromatic N) is 4. The molecule has 10 nitrogen and oxygen atoms in total. The summed E-state index contributed by atoms with van der Waals surface area (Å²) < 4.78 is 1.95. The third kappa shape index (κ3) is 3.12. The molecule has 0 spiro atoms. The minimum Gasteiger partial charge on any atom is -0.363 e. The number of para-hydroxylation sites is 2. The predicted molar refractivity (Wildman–Crippen MR) is 104 cm³/mol. The number of nitro benzene ring substituents is 1. The molecule has 3 aromatic heterocycles. The molecular formula is C19H13N5O5. The van der Waals surface area contributed by atoms with Crippen LogP contribution in [0.25, 0.3) is 16.7 Å². The average Bonchev–Trinajstić information content (AvgIpc) is 2.71. The molecule has 0 fully saturated rings. The summed E-state index contributed by atoms with van der Waals surface area (Å²) in [5.74, 6) is 0. The van der Waals surface area contributed by atoms with Crippen LogP contribution >= 0.6 is 0 Å². The summed E-state index contributed by atoms with van der Waals surface area (Å²) in [4.78, 5) is 55.6. The first-order valence-corrected chi connectivity index (χ1v) is 8.49. The summed E-state index contributed by atoms with van der Waals surface area (Å²) >= 11 is 0. The van der Waals surface area contributed by atoms with Gasteiger partial charge in [-0.1, -0.05) is 12.1 Å². The van der Waals surface area contributed by atoms with Gasteiger partial charge >= 0.3 is 5.69 Å². The van der Waals surface area contributed by atoms with Crippen LogP contribution in [0.5, 0.6) is 0 Å². The van der Waals surface area contributed by atoms with E-state index < -0.39 is 16.2 Å². The lowest BCUT2D eigenvalue weighted by atomic mass is 10.2. The number of aromatic amines is 1. The van der Waals surface area contributed by atoms with Crippen molar-refractivity contribution in [2.24, 2.45) is 0 Å². The van der Waals surface area contributed by atoms with Gasteiger partial charge in [-0.15, -0.1) is 0 Å². The zero-order valence-electron chi connectivity index (χ0n) is 14.8. The number of rotatable bonds is 4. The van der Waals surface area contributed by atoms with Crippen LogP contribution in [-0.4, -0.2) is 24.0 Å². The van der Waals surface area contributed by atoms with E-state index in [1.165, 1.54) is 54.9 Å². The quantitative estimate of drug-likeness (QED) is 0.410. The van der Waals surface area contributed by atoms with Gasteiger partial charge in [-0.05, 0) is 18.2 Å². The van der Waals surface area contributed by atoms with Gasteiger partial charge in [0.1, 0.15) is 5.69 Å². The number of benzene rings is 1. The fourth-order valence-electron chi connectivity index (χ4n) is 3.10. The zero-order valence-corrected chi connectivity index (χ0v) is 14.8. The summed E-state index contributed by atoms with van der Waals surface area (Å²) in [7, 11) is 0. The fraction of sp³-hybridized carbons (Fsp3) is 0.0526. The van der Waals surface area contributed by atoms with Crippen molar-refractivity contribution in [3.05, 3.63) is 108 Å². The Hall–Kier alpha value is -4.34. The van der Waals surface area contributed by atoms with Crippen molar-refractivity contribution in [1.82, 2.24) is 19.1 Å². The number of nitro groups is 1. The van der Waals surface area contributed by atoms with Crippen molar-refractivity contribution in [3.8, 4) is 5.69 Å². The molecule has 0 aliphatic rings. The van der Waals surface area contributed by atoms with Crippen LogP contribution < -0.4 is 16.7 Å². The van der Waals surface area contributed by atoms with Gasteiger partial charge in [0.2, 0.25) is 0 Å². The van der Waals surface area contributed by atoms with Gasteiger partial charge in [0.15, 0.2) is 11.1 Å². The maximum Gasteiger partial charge on any atom is 0.337 e. The fourth-order valence-corrected chi connectivity index (χ4v) is 3.10. The van der Waals surface area contributed by atoms with Gasteiger partial charge in [0.05, 0.1) is 16.9 Å². The lowest BCUT2D eigenvalue weighted by Crippen LogP contribution is -2.40. The van der Waals surface area contributed by atoms with Crippen molar-refractivity contribution in [2.75, 3.05) is 0 Å². The minimum absolute atomic E-state index is 0.00889. The summed E-state index contributed by atoms with van der Waals surface area (Å²) in [6.45, 7) is -0.209. The maximum atomic E-state index is 13.2.